The van der Waals surface area contributed by atoms with E-state index in [1.165, 1.54) is 16.3 Å². The predicted molar refractivity (Wildman–Crippen MR) is 69.3 cm³/mol. The molecular formula is C15H14O2. The molecule has 2 aromatic rings. The molecule has 1 aliphatic rings. The summed E-state index contributed by atoms with van der Waals surface area (Å²) in [6.45, 7) is 0.386. The first-order valence-electron chi connectivity index (χ1n) is 5.85. The zero-order valence-corrected chi connectivity index (χ0v) is 9.52. The molecule has 2 heteroatoms. The number of hydrogen-bond acceptors (Lipinski definition) is 2. The van der Waals surface area contributed by atoms with Gasteiger partial charge >= 0.3 is 0 Å². The molecule has 0 atom stereocenters. The van der Waals surface area contributed by atoms with E-state index < -0.39 is 0 Å². The fraction of sp³-hybridized carbons (Fsp3) is 0.200. The Morgan fingerprint density at radius 1 is 1.18 bits per heavy atom. The number of aliphatic hydroxyl groups excluding tert-OH is 1. The van der Waals surface area contributed by atoms with Crippen molar-refractivity contribution in [3.8, 4) is 5.75 Å². The van der Waals surface area contributed by atoms with Crippen LogP contribution in [0.5, 0.6) is 5.75 Å². The van der Waals surface area contributed by atoms with Crippen molar-refractivity contribution in [1.29, 1.82) is 0 Å². The molecule has 0 aromatic heterocycles. The summed E-state index contributed by atoms with van der Waals surface area (Å²) in [4.78, 5) is 0. The molecule has 3 rings (SSSR count). The molecule has 0 saturated carbocycles. The second-order valence-electron chi connectivity index (χ2n) is 4.17. The molecule has 0 radical (unpaired) electrons. The predicted octanol–water partition coefficient (Wildman–Crippen LogP) is 2.78. The molecule has 86 valence electrons. The Morgan fingerprint density at radius 3 is 3.00 bits per heavy atom. The van der Waals surface area contributed by atoms with Gasteiger partial charge in [-0.3, -0.25) is 0 Å². The fourth-order valence-corrected chi connectivity index (χ4v) is 2.39. The number of hydrogen-bond donors (Lipinski definition) is 1. The molecule has 1 aliphatic carbocycles. The standard InChI is InChI=1S/C15H14O2/c16-9-10-17-14-8-7-12-4-1-3-11-5-2-6-13(14)15(11)12/h1-4,6-8,16H,5,9-10H2. The van der Waals surface area contributed by atoms with Gasteiger partial charge in [-0.05, 0) is 28.8 Å². The minimum Gasteiger partial charge on any atom is -0.491 e. The molecule has 2 aromatic carbocycles. The van der Waals surface area contributed by atoms with Gasteiger partial charge in [0.05, 0.1) is 6.61 Å². The molecule has 0 fully saturated rings. The van der Waals surface area contributed by atoms with Crippen molar-refractivity contribution in [2.75, 3.05) is 13.2 Å². The number of ether oxygens (including phenoxy) is 1. The van der Waals surface area contributed by atoms with Crippen LogP contribution >= 0.6 is 0 Å². The van der Waals surface area contributed by atoms with E-state index >= 15 is 0 Å². The van der Waals surface area contributed by atoms with Crippen molar-refractivity contribution in [2.45, 2.75) is 6.42 Å². The van der Waals surface area contributed by atoms with Crippen LogP contribution in [0.1, 0.15) is 11.1 Å². The van der Waals surface area contributed by atoms with Gasteiger partial charge in [0.1, 0.15) is 12.4 Å². The molecular weight excluding hydrogens is 212 g/mol. The highest BCUT2D eigenvalue weighted by atomic mass is 16.5. The first-order chi connectivity index (χ1) is 8.40. The van der Waals surface area contributed by atoms with Gasteiger partial charge in [-0.15, -0.1) is 0 Å². The SMILES string of the molecule is OCCOc1ccc2cccc3c2c1C=CC3. The minimum absolute atomic E-state index is 0.0445. The van der Waals surface area contributed by atoms with E-state index in [2.05, 4.69) is 36.4 Å². The van der Waals surface area contributed by atoms with Crippen LogP contribution in [0.25, 0.3) is 16.8 Å². The topological polar surface area (TPSA) is 29.5 Å². The highest BCUT2D eigenvalue weighted by molar-refractivity contribution is 5.97. The lowest BCUT2D eigenvalue weighted by Gasteiger charge is -2.16. The molecule has 0 saturated heterocycles. The van der Waals surface area contributed by atoms with Gasteiger partial charge in [0.15, 0.2) is 0 Å². The third kappa shape index (κ3) is 1.71. The van der Waals surface area contributed by atoms with Crippen molar-refractivity contribution < 1.29 is 9.84 Å². The maximum Gasteiger partial charge on any atom is 0.127 e. The summed E-state index contributed by atoms with van der Waals surface area (Å²) in [6, 6.07) is 10.4. The molecule has 0 unspecified atom stereocenters. The average molecular weight is 226 g/mol. The summed E-state index contributed by atoms with van der Waals surface area (Å²) in [7, 11) is 0. The highest BCUT2D eigenvalue weighted by Gasteiger charge is 2.12. The lowest BCUT2D eigenvalue weighted by molar-refractivity contribution is 0.201. The largest absolute Gasteiger partial charge is 0.491 e. The Hall–Kier alpha value is -1.80. The van der Waals surface area contributed by atoms with Gasteiger partial charge in [-0.25, -0.2) is 0 Å². The molecule has 2 nitrogen and oxygen atoms in total. The molecule has 0 aliphatic heterocycles. The van der Waals surface area contributed by atoms with E-state index in [1.807, 2.05) is 6.07 Å². The van der Waals surface area contributed by atoms with E-state index in [0.29, 0.717) is 6.61 Å². The van der Waals surface area contributed by atoms with Crippen LogP contribution in [0, 0.1) is 0 Å². The zero-order chi connectivity index (χ0) is 11.7. The van der Waals surface area contributed by atoms with Crippen LogP contribution in [0.15, 0.2) is 36.4 Å². The first-order valence-corrected chi connectivity index (χ1v) is 5.85. The maximum absolute atomic E-state index is 8.83. The summed E-state index contributed by atoms with van der Waals surface area (Å²) < 4.78 is 5.57. The highest BCUT2D eigenvalue weighted by Crippen LogP contribution is 2.34. The van der Waals surface area contributed by atoms with E-state index in [1.54, 1.807) is 0 Å². The lowest BCUT2D eigenvalue weighted by Crippen LogP contribution is -2.04. The number of aliphatic hydroxyl groups is 1. The van der Waals surface area contributed by atoms with E-state index in [4.69, 9.17) is 9.84 Å². The summed E-state index contributed by atoms with van der Waals surface area (Å²) in [6.07, 6.45) is 5.25. The van der Waals surface area contributed by atoms with Crippen LogP contribution < -0.4 is 4.74 Å². The second kappa shape index (κ2) is 4.22. The number of rotatable bonds is 3. The van der Waals surface area contributed by atoms with Crippen molar-refractivity contribution >= 4 is 16.8 Å². The normalized spacial score (nSPS) is 13.0. The van der Waals surface area contributed by atoms with Gasteiger partial charge in [0.25, 0.3) is 0 Å². The zero-order valence-electron chi connectivity index (χ0n) is 9.52. The van der Waals surface area contributed by atoms with Crippen LogP contribution in [-0.2, 0) is 6.42 Å². The average Bonchev–Trinajstić information content (AvgIpc) is 2.39. The monoisotopic (exact) mass is 226 g/mol. The molecule has 1 N–H and O–H groups in total. The van der Waals surface area contributed by atoms with E-state index in [9.17, 15) is 0 Å². The van der Waals surface area contributed by atoms with Crippen LogP contribution in [0.3, 0.4) is 0 Å². The molecule has 0 spiro atoms. The Bertz CT molecular complexity index is 585. The Balaban J connectivity index is 2.21. The van der Waals surface area contributed by atoms with Crippen molar-refractivity contribution in [1.82, 2.24) is 0 Å². The van der Waals surface area contributed by atoms with Gasteiger partial charge < -0.3 is 9.84 Å². The minimum atomic E-state index is 0.0445. The van der Waals surface area contributed by atoms with Gasteiger partial charge in [0, 0.05) is 5.56 Å². The quantitative estimate of drug-likeness (QED) is 0.872. The maximum atomic E-state index is 8.83. The van der Waals surface area contributed by atoms with E-state index in [0.717, 1.165) is 17.7 Å². The fourth-order valence-electron chi connectivity index (χ4n) is 2.39. The second-order valence-corrected chi connectivity index (χ2v) is 4.17. The summed E-state index contributed by atoms with van der Waals surface area (Å²) in [5.74, 6) is 0.856. The van der Waals surface area contributed by atoms with Crippen molar-refractivity contribution in [3.63, 3.8) is 0 Å². The smallest absolute Gasteiger partial charge is 0.127 e. The lowest BCUT2D eigenvalue weighted by atomic mass is 9.92. The van der Waals surface area contributed by atoms with Gasteiger partial charge in [-0.2, -0.15) is 0 Å². The Labute approximate surface area is 100 Å². The number of allylic oxidation sites excluding steroid dienone is 1. The molecule has 17 heavy (non-hydrogen) atoms. The number of benzene rings is 2. The van der Waals surface area contributed by atoms with Crippen LogP contribution in [0.4, 0.5) is 0 Å². The summed E-state index contributed by atoms with van der Waals surface area (Å²) >= 11 is 0. The van der Waals surface area contributed by atoms with Crippen LogP contribution in [0.2, 0.25) is 0 Å². The van der Waals surface area contributed by atoms with Crippen LogP contribution in [-0.4, -0.2) is 18.3 Å². The van der Waals surface area contributed by atoms with E-state index in [-0.39, 0.29) is 6.61 Å². The summed E-state index contributed by atoms with van der Waals surface area (Å²) in [5.41, 5.74) is 2.48. The first kappa shape index (κ1) is 10.4. The molecule has 0 heterocycles. The van der Waals surface area contributed by atoms with Gasteiger partial charge in [-0.1, -0.05) is 36.4 Å². The summed E-state index contributed by atoms with van der Waals surface area (Å²) in [5, 5.41) is 11.4. The Morgan fingerprint density at radius 2 is 2.12 bits per heavy atom. The third-order valence-corrected chi connectivity index (χ3v) is 3.10. The Kier molecular flexibility index (Phi) is 2.57. The third-order valence-electron chi connectivity index (χ3n) is 3.10. The van der Waals surface area contributed by atoms with Gasteiger partial charge in [0.2, 0.25) is 0 Å². The van der Waals surface area contributed by atoms with Crippen molar-refractivity contribution in [2.24, 2.45) is 0 Å². The van der Waals surface area contributed by atoms with Crippen molar-refractivity contribution in [3.05, 3.63) is 47.5 Å². The molecule has 0 amide bonds. The molecule has 0 bridgehead atoms.